The molecule has 20 heavy (non-hydrogen) atoms. The van der Waals surface area contributed by atoms with E-state index in [4.69, 9.17) is 4.74 Å². The van der Waals surface area contributed by atoms with Gasteiger partial charge in [0, 0.05) is 19.3 Å². The van der Waals surface area contributed by atoms with Crippen molar-refractivity contribution in [3.63, 3.8) is 0 Å². The van der Waals surface area contributed by atoms with Gasteiger partial charge in [-0.25, -0.2) is 18.4 Å². The van der Waals surface area contributed by atoms with Gasteiger partial charge in [-0.3, -0.25) is 0 Å². The minimum atomic E-state index is -3.13. The van der Waals surface area contributed by atoms with Gasteiger partial charge in [0.05, 0.1) is 18.1 Å². The summed E-state index contributed by atoms with van der Waals surface area (Å²) >= 11 is 0. The van der Waals surface area contributed by atoms with Gasteiger partial charge in [0.25, 0.3) is 0 Å². The Balaban J connectivity index is 1.73. The first-order valence-electron chi connectivity index (χ1n) is 6.83. The summed E-state index contributed by atoms with van der Waals surface area (Å²) in [5.74, 6) is 1.16. The predicted octanol–water partition coefficient (Wildman–Crippen LogP) is 0.897. The van der Waals surface area contributed by atoms with Gasteiger partial charge in [-0.1, -0.05) is 0 Å². The van der Waals surface area contributed by atoms with Gasteiger partial charge in [0.2, 0.25) is 10.0 Å². The number of nitrogens with zero attached hydrogens (tertiary/aromatic N) is 3. The number of ether oxygens (including phenoxy) is 1. The standard InChI is InChI=1S/C13H19N3O3S/c1-9-14-5-3-11(15-9)12-7-10-4-6-16(20(2,17)18)8-13(10)19-12/h3,5,10,12-13H,4,6-8H2,1-2H3/t10-,12+,13+/m1/s1. The molecule has 0 saturated carbocycles. The van der Waals surface area contributed by atoms with E-state index in [1.807, 2.05) is 13.0 Å². The number of aromatic nitrogens is 2. The van der Waals surface area contributed by atoms with E-state index in [1.165, 1.54) is 10.6 Å². The van der Waals surface area contributed by atoms with Crippen LogP contribution < -0.4 is 0 Å². The molecule has 3 atom stereocenters. The average molecular weight is 297 g/mol. The Morgan fingerprint density at radius 1 is 1.45 bits per heavy atom. The van der Waals surface area contributed by atoms with Crippen LogP contribution in [0.25, 0.3) is 0 Å². The third-order valence-electron chi connectivity index (χ3n) is 4.11. The van der Waals surface area contributed by atoms with Crippen molar-refractivity contribution in [3.05, 3.63) is 23.8 Å². The number of piperidine rings is 1. The Morgan fingerprint density at radius 2 is 2.25 bits per heavy atom. The van der Waals surface area contributed by atoms with Crippen molar-refractivity contribution in [2.75, 3.05) is 19.3 Å². The lowest BCUT2D eigenvalue weighted by Gasteiger charge is -2.32. The fourth-order valence-corrected chi connectivity index (χ4v) is 3.90. The second-order valence-electron chi connectivity index (χ2n) is 5.60. The van der Waals surface area contributed by atoms with Crippen molar-refractivity contribution in [1.29, 1.82) is 0 Å². The van der Waals surface area contributed by atoms with Crippen molar-refractivity contribution in [2.45, 2.75) is 32.0 Å². The van der Waals surface area contributed by atoms with Crippen LogP contribution in [0.4, 0.5) is 0 Å². The van der Waals surface area contributed by atoms with Crippen molar-refractivity contribution >= 4 is 10.0 Å². The monoisotopic (exact) mass is 297 g/mol. The second-order valence-corrected chi connectivity index (χ2v) is 7.58. The van der Waals surface area contributed by atoms with Crippen LogP contribution in [0.1, 0.15) is 30.5 Å². The highest BCUT2D eigenvalue weighted by molar-refractivity contribution is 7.88. The largest absolute Gasteiger partial charge is 0.367 e. The highest BCUT2D eigenvalue weighted by Gasteiger charge is 2.41. The van der Waals surface area contributed by atoms with Crippen LogP contribution in [-0.2, 0) is 14.8 Å². The van der Waals surface area contributed by atoms with Gasteiger partial charge in [0.1, 0.15) is 11.9 Å². The van der Waals surface area contributed by atoms with Crippen molar-refractivity contribution < 1.29 is 13.2 Å². The zero-order valence-corrected chi connectivity index (χ0v) is 12.5. The molecule has 110 valence electrons. The molecule has 7 heteroatoms. The van der Waals surface area contributed by atoms with E-state index in [-0.39, 0.29) is 12.2 Å². The van der Waals surface area contributed by atoms with Crippen molar-refractivity contribution in [3.8, 4) is 0 Å². The zero-order valence-electron chi connectivity index (χ0n) is 11.7. The highest BCUT2D eigenvalue weighted by Crippen LogP contribution is 2.40. The molecule has 0 N–H and O–H groups in total. The summed E-state index contributed by atoms with van der Waals surface area (Å²) in [5, 5.41) is 0. The van der Waals surface area contributed by atoms with Crippen LogP contribution in [-0.4, -0.2) is 48.1 Å². The van der Waals surface area contributed by atoms with Crippen molar-refractivity contribution in [1.82, 2.24) is 14.3 Å². The summed E-state index contributed by atoms with van der Waals surface area (Å²) in [5.41, 5.74) is 0.901. The molecule has 0 unspecified atom stereocenters. The third-order valence-corrected chi connectivity index (χ3v) is 5.38. The van der Waals surface area contributed by atoms with E-state index in [2.05, 4.69) is 9.97 Å². The maximum absolute atomic E-state index is 11.6. The zero-order chi connectivity index (χ0) is 14.3. The fourth-order valence-electron chi connectivity index (χ4n) is 3.05. The SMILES string of the molecule is Cc1nccc([C@@H]2C[C@H]3CCN(S(C)(=O)=O)C[C@@H]3O2)n1. The van der Waals surface area contributed by atoms with Crippen LogP contribution in [0.5, 0.6) is 0 Å². The third kappa shape index (κ3) is 2.70. The first kappa shape index (κ1) is 13.9. The van der Waals surface area contributed by atoms with Crippen molar-refractivity contribution in [2.24, 2.45) is 5.92 Å². The van der Waals surface area contributed by atoms with E-state index in [9.17, 15) is 8.42 Å². The summed E-state index contributed by atoms with van der Waals surface area (Å²) in [6.45, 7) is 2.92. The number of aryl methyl sites for hydroxylation is 1. The molecule has 2 saturated heterocycles. The van der Waals surface area contributed by atoms with E-state index >= 15 is 0 Å². The summed E-state index contributed by atoms with van der Waals surface area (Å²) in [6.07, 6.45) is 4.72. The molecule has 2 fully saturated rings. The summed E-state index contributed by atoms with van der Waals surface area (Å²) in [4.78, 5) is 8.50. The Bertz CT molecular complexity index is 605. The van der Waals surface area contributed by atoms with Gasteiger partial charge in [-0.2, -0.15) is 4.31 Å². The number of sulfonamides is 1. The number of rotatable bonds is 2. The van der Waals surface area contributed by atoms with Gasteiger partial charge < -0.3 is 4.74 Å². The normalized spacial score (nSPS) is 31.2. The Morgan fingerprint density at radius 3 is 2.95 bits per heavy atom. The van der Waals surface area contributed by atoms with E-state index < -0.39 is 10.0 Å². The molecule has 1 aromatic heterocycles. The molecule has 0 amide bonds. The molecule has 2 aliphatic heterocycles. The highest BCUT2D eigenvalue weighted by atomic mass is 32.2. The predicted molar refractivity (Wildman–Crippen MR) is 73.5 cm³/mol. The molecule has 3 heterocycles. The van der Waals surface area contributed by atoms with Gasteiger partial charge in [-0.15, -0.1) is 0 Å². The molecule has 2 aliphatic rings. The lowest BCUT2D eigenvalue weighted by atomic mass is 9.92. The molecule has 0 radical (unpaired) electrons. The second kappa shape index (κ2) is 5.05. The lowest BCUT2D eigenvalue weighted by molar-refractivity contribution is 0.00866. The Hall–Kier alpha value is -1.05. The first-order valence-corrected chi connectivity index (χ1v) is 8.68. The Kier molecular flexibility index (Phi) is 3.51. The molecule has 0 bridgehead atoms. The molecule has 3 rings (SSSR count). The molecule has 0 aromatic carbocycles. The topological polar surface area (TPSA) is 72.4 Å². The van der Waals surface area contributed by atoms with Crippen LogP contribution in [0.15, 0.2) is 12.3 Å². The maximum Gasteiger partial charge on any atom is 0.211 e. The van der Waals surface area contributed by atoms with Crippen LogP contribution in [0.3, 0.4) is 0 Å². The minimum absolute atomic E-state index is 0.0150. The molecule has 1 aromatic rings. The number of hydrogen-bond donors (Lipinski definition) is 0. The van der Waals surface area contributed by atoms with Crippen LogP contribution in [0.2, 0.25) is 0 Å². The van der Waals surface area contributed by atoms with Gasteiger partial charge in [-0.05, 0) is 31.7 Å². The van der Waals surface area contributed by atoms with Crippen LogP contribution in [0, 0.1) is 12.8 Å². The summed E-state index contributed by atoms with van der Waals surface area (Å²) in [6, 6.07) is 1.88. The number of hydrogen-bond acceptors (Lipinski definition) is 5. The summed E-state index contributed by atoms with van der Waals surface area (Å²) < 4.78 is 30.8. The quantitative estimate of drug-likeness (QED) is 0.811. The number of fused-ring (bicyclic) bond motifs is 1. The maximum atomic E-state index is 11.6. The molecule has 0 aliphatic carbocycles. The Labute approximate surface area is 119 Å². The first-order chi connectivity index (χ1) is 9.43. The lowest BCUT2D eigenvalue weighted by Crippen LogP contribution is -2.44. The molecular weight excluding hydrogens is 278 g/mol. The van der Waals surface area contributed by atoms with Gasteiger partial charge >= 0.3 is 0 Å². The van der Waals surface area contributed by atoms with E-state index in [0.29, 0.717) is 19.0 Å². The van der Waals surface area contributed by atoms with Crippen LogP contribution >= 0.6 is 0 Å². The van der Waals surface area contributed by atoms with E-state index in [1.54, 1.807) is 6.20 Å². The molecule has 0 spiro atoms. The van der Waals surface area contributed by atoms with Gasteiger partial charge in [0.15, 0.2) is 0 Å². The van der Waals surface area contributed by atoms with E-state index in [0.717, 1.165) is 24.4 Å². The molecule has 6 nitrogen and oxygen atoms in total. The summed E-state index contributed by atoms with van der Waals surface area (Å²) in [7, 11) is -3.13. The minimum Gasteiger partial charge on any atom is -0.367 e. The fraction of sp³-hybridized carbons (Fsp3) is 0.692. The smallest absolute Gasteiger partial charge is 0.211 e. The average Bonchev–Trinajstić information content (AvgIpc) is 2.80. The molecular formula is C13H19N3O3S.